The highest BCUT2D eigenvalue weighted by Crippen LogP contribution is 2.27. The fraction of sp³-hybridized carbons (Fsp3) is 0.308. The lowest BCUT2D eigenvalue weighted by Crippen LogP contribution is -2.33. The molecule has 0 aliphatic carbocycles. The summed E-state index contributed by atoms with van der Waals surface area (Å²) in [6.45, 7) is 9.87. The summed E-state index contributed by atoms with van der Waals surface area (Å²) in [5, 5.41) is 25.9. The van der Waals surface area contributed by atoms with Gasteiger partial charge in [0.1, 0.15) is 5.75 Å². The average Bonchev–Trinajstić information content (AvgIpc) is 3.29. The number of rotatable bonds is 12. The second-order valence-electron chi connectivity index (χ2n) is 8.76. The predicted molar refractivity (Wildman–Crippen MR) is 145 cm³/mol. The number of aromatic nitrogens is 3. The Morgan fingerprint density at radius 1 is 1.21 bits per heavy atom. The highest BCUT2D eigenvalue weighted by Gasteiger charge is 2.26. The van der Waals surface area contributed by atoms with Crippen molar-refractivity contribution in [3.8, 4) is 5.75 Å². The first-order chi connectivity index (χ1) is 18.1. The van der Waals surface area contributed by atoms with E-state index in [1.54, 1.807) is 50.4 Å². The molecule has 0 spiro atoms. The molecule has 200 valence electrons. The number of hydrogen-bond donors (Lipinski definition) is 2. The van der Waals surface area contributed by atoms with Crippen LogP contribution in [0, 0.1) is 23.0 Å². The summed E-state index contributed by atoms with van der Waals surface area (Å²) in [5.41, 5.74) is 1.46. The highest BCUT2D eigenvalue weighted by molar-refractivity contribution is 7.99. The van der Waals surface area contributed by atoms with Crippen molar-refractivity contribution >= 4 is 35.0 Å². The number of nitro benzene ring substituents is 1. The van der Waals surface area contributed by atoms with E-state index >= 15 is 0 Å². The maximum Gasteiger partial charge on any atom is 0.271 e. The molecular weight excluding hydrogens is 508 g/mol. The maximum absolute atomic E-state index is 13.0. The monoisotopic (exact) mass is 538 g/mol. The van der Waals surface area contributed by atoms with E-state index in [0.29, 0.717) is 40.1 Å². The number of benzene rings is 2. The van der Waals surface area contributed by atoms with Crippen LogP contribution in [0.2, 0.25) is 0 Å². The van der Waals surface area contributed by atoms with Crippen LogP contribution >= 0.6 is 11.8 Å². The van der Waals surface area contributed by atoms with Crippen LogP contribution < -0.4 is 15.4 Å². The normalized spacial score (nSPS) is 11.6. The summed E-state index contributed by atoms with van der Waals surface area (Å²) in [6, 6.07) is 10.6. The van der Waals surface area contributed by atoms with Crippen molar-refractivity contribution in [3.63, 3.8) is 0 Å². The molecule has 2 amide bonds. The number of thioether (sulfide) groups is 1. The van der Waals surface area contributed by atoms with Crippen LogP contribution in [0.5, 0.6) is 5.75 Å². The van der Waals surface area contributed by atoms with Gasteiger partial charge in [-0.05, 0) is 42.7 Å². The molecule has 3 aromatic rings. The number of carbonyl (C=O) groups is 2. The molecule has 38 heavy (non-hydrogen) atoms. The van der Waals surface area contributed by atoms with Crippen molar-refractivity contribution in [1.29, 1.82) is 0 Å². The number of anilines is 1. The van der Waals surface area contributed by atoms with Gasteiger partial charge >= 0.3 is 0 Å². The van der Waals surface area contributed by atoms with E-state index in [0.717, 1.165) is 0 Å². The molecule has 0 aliphatic rings. The van der Waals surface area contributed by atoms with E-state index in [-0.39, 0.29) is 29.2 Å². The van der Waals surface area contributed by atoms with Crippen LogP contribution in [0.15, 0.2) is 60.3 Å². The van der Waals surface area contributed by atoms with Crippen LogP contribution in [0.3, 0.4) is 0 Å². The molecule has 0 radical (unpaired) electrons. The number of allylic oxidation sites excluding steroid dienone is 1. The van der Waals surface area contributed by atoms with Crippen molar-refractivity contribution in [2.45, 2.75) is 38.5 Å². The maximum atomic E-state index is 13.0. The quantitative estimate of drug-likeness (QED) is 0.148. The first-order valence-corrected chi connectivity index (χ1v) is 12.8. The number of nitrogens with one attached hydrogen (secondary N) is 2. The third kappa shape index (κ3) is 6.97. The van der Waals surface area contributed by atoms with E-state index < -0.39 is 11.0 Å². The molecule has 0 fully saturated rings. The van der Waals surface area contributed by atoms with Gasteiger partial charge in [-0.25, -0.2) is 0 Å². The number of non-ortho nitro benzene ring substituents is 1. The summed E-state index contributed by atoms with van der Waals surface area (Å²) in [7, 11) is 1.56. The molecule has 2 N–H and O–H groups in total. The number of aryl methyl sites for hydroxylation is 1. The van der Waals surface area contributed by atoms with Gasteiger partial charge in [-0.3, -0.25) is 19.7 Å². The molecule has 0 saturated carbocycles. The minimum Gasteiger partial charge on any atom is -0.497 e. The minimum atomic E-state index is -0.512. The molecule has 0 unspecified atom stereocenters. The third-order valence-corrected chi connectivity index (χ3v) is 6.65. The third-order valence-electron chi connectivity index (χ3n) is 5.68. The lowest BCUT2D eigenvalue weighted by molar-refractivity contribution is -0.384. The highest BCUT2D eigenvalue weighted by atomic mass is 32.2. The van der Waals surface area contributed by atoms with Crippen molar-refractivity contribution in [1.82, 2.24) is 20.1 Å². The van der Waals surface area contributed by atoms with Crippen LogP contribution in [0.4, 0.5) is 11.4 Å². The van der Waals surface area contributed by atoms with Gasteiger partial charge in [0.05, 0.1) is 29.5 Å². The molecule has 1 heterocycles. The van der Waals surface area contributed by atoms with Gasteiger partial charge in [0, 0.05) is 24.2 Å². The van der Waals surface area contributed by atoms with E-state index in [1.807, 2.05) is 18.4 Å². The number of hydrogen-bond acceptors (Lipinski definition) is 8. The molecule has 1 aromatic heterocycles. The van der Waals surface area contributed by atoms with Gasteiger partial charge in [-0.1, -0.05) is 37.8 Å². The lowest BCUT2D eigenvalue weighted by atomic mass is 10.0. The Balaban J connectivity index is 1.75. The molecule has 2 aromatic carbocycles. The number of nitrogens with zero attached hydrogens (tertiary/aromatic N) is 4. The Hall–Kier alpha value is -4.19. The van der Waals surface area contributed by atoms with Gasteiger partial charge < -0.3 is 19.9 Å². The summed E-state index contributed by atoms with van der Waals surface area (Å²) in [5.74, 6) is 0.574. The van der Waals surface area contributed by atoms with Crippen molar-refractivity contribution in [3.05, 3.63) is 82.2 Å². The van der Waals surface area contributed by atoms with Crippen LogP contribution in [-0.4, -0.2) is 44.4 Å². The largest absolute Gasteiger partial charge is 0.497 e. The van der Waals surface area contributed by atoms with Crippen LogP contribution in [0.25, 0.3) is 0 Å². The Kier molecular flexibility index (Phi) is 9.61. The molecule has 0 aliphatic heterocycles. The molecule has 0 bridgehead atoms. The van der Waals surface area contributed by atoms with E-state index in [1.165, 1.54) is 23.9 Å². The molecule has 0 saturated heterocycles. The lowest BCUT2D eigenvalue weighted by Gasteiger charge is -2.22. The summed E-state index contributed by atoms with van der Waals surface area (Å²) in [6.07, 6.45) is 1.69. The topological polar surface area (TPSA) is 141 Å². The van der Waals surface area contributed by atoms with Gasteiger partial charge in [0.25, 0.3) is 11.6 Å². The first kappa shape index (κ1) is 28.4. The smallest absolute Gasteiger partial charge is 0.271 e. The number of carbonyl (C=O) groups excluding carboxylic acids is 2. The zero-order valence-electron chi connectivity index (χ0n) is 21.6. The summed E-state index contributed by atoms with van der Waals surface area (Å²) in [4.78, 5) is 36.2. The van der Waals surface area contributed by atoms with Gasteiger partial charge in [0.2, 0.25) is 5.91 Å². The van der Waals surface area contributed by atoms with Crippen LogP contribution in [0.1, 0.15) is 41.6 Å². The number of nitro groups is 1. The van der Waals surface area contributed by atoms with E-state index in [4.69, 9.17) is 4.74 Å². The minimum absolute atomic E-state index is 0.00195. The summed E-state index contributed by atoms with van der Waals surface area (Å²) >= 11 is 1.17. The van der Waals surface area contributed by atoms with Gasteiger partial charge in [-0.15, -0.1) is 16.8 Å². The van der Waals surface area contributed by atoms with Crippen molar-refractivity contribution in [2.75, 3.05) is 18.2 Å². The Bertz CT molecular complexity index is 1320. The van der Waals surface area contributed by atoms with Crippen LogP contribution in [-0.2, 0) is 11.3 Å². The molecule has 1 atom stereocenters. The number of amides is 2. The average molecular weight is 539 g/mol. The van der Waals surface area contributed by atoms with Crippen molar-refractivity contribution < 1.29 is 19.2 Å². The first-order valence-electron chi connectivity index (χ1n) is 11.8. The predicted octanol–water partition coefficient (Wildman–Crippen LogP) is 4.55. The molecular formula is C26H30N6O5S. The Morgan fingerprint density at radius 2 is 1.92 bits per heavy atom. The second-order valence-corrected chi connectivity index (χ2v) is 9.70. The SMILES string of the molecule is C=CCn1c(SCC(=O)Nc2cc([N+](=O)[O-])ccc2C)nnc1[C@H](NC(=O)c1ccc(OC)cc1)C(C)C. The Labute approximate surface area is 224 Å². The van der Waals surface area contributed by atoms with Gasteiger partial charge in [-0.2, -0.15) is 0 Å². The van der Waals surface area contributed by atoms with Gasteiger partial charge in [0.15, 0.2) is 11.0 Å². The molecule has 12 heteroatoms. The fourth-order valence-electron chi connectivity index (χ4n) is 3.61. The molecule has 11 nitrogen and oxygen atoms in total. The standard InChI is InChI=1S/C26H30N6O5S/c1-6-13-31-24(23(16(2)3)28-25(34)18-8-11-20(37-5)12-9-18)29-30-26(31)38-15-22(33)27-21-14-19(32(35)36)10-7-17(21)4/h6-12,14,16,23H,1,13,15H2,2-5H3,(H,27,33)(H,28,34)/t23-/m1/s1. The van der Waals surface area contributed by atoms with E-state index in [2.05, 4.69) is 27.4 Å². The summed E-state index contributed by atoms with van der Waals surface area (Å²) < 4.78 is 6.96. The second kappa shape index (κ2) is 12.9. The zero-order chi connectivity index (χ0) is 27.8. The zero-order valence-corrected chi connectivity index (χ0v) is 22.4. The fourth-order valence-corrected chi connectivity index (χ4v) is 4.36. The number of methoxy groups -OCH3 is 1. The van der Waals surface area contributed by atoms with Crippen molar-refractivity contribution in [2.24, 2.45) is 5.92 Å². The Morgan fingerprint density at radius 3 is 2.53 bits per heavy atom. The molecule has 3 rings (SSSR count). The number of ether oxygens (including phenoxy) is 1. The van der Waals surface area contributed by atoms with E-state index in [9.17, 15) is 19.7 Å².